The summed E-state index contributed by atoms with van der Waals surface area (Å²) in [6.45, 7) is 2.02. The molecule has 27 heavy (non-hydrogen) atoms. The van der Waals surface area contributed by atoms with E-state index < -0.39 is 0 Å². The van der Waals surface area contributed by atoms with E-state index in [0.29, 0.717) is 22.8 Å². The Kier molecular flexibility index (Phi) is 5.01. The monoisotopic (exact) mass is 361 g/mol. The lowest BCUT2D eigenvalue weighted by atomic mass is 9.95. The number of hydrogen-bond donors (Lipinski definition) is 1. The van der Waals surface area contributed by atoms with E-state index in [0.717, 1.165) is 24.0 Å². The van der Waals surface area contributed by atoms with Crippen molar-refractivity contribution in [1.29, 1.82) is 0 Å². The first-order valence-corrected chi connectivity index (χ1v) is 9.52. The number of benzene rings is 2. The molecule has 1 aliphatic carbocycles. The molecule has 0 radical (unpaired) electrons. The summed E-state index contributed by atoms with van der Waals surface area (Å²) in [5.41, 5.74) is 3.26. The van der Waals surface area contributed by atoms with Gasteiger partial charge in [-0.3, -0.25) is 4.79 Å². The van der Waals surface area contributed by atoms with Crippen molar-refractivity contribution in [3.8, 4) is 22.8 Å². The van der Waals surface area contributed by atoms with Crippen LogP contribution in [0.1, 0.15) is 48.0 Å². The van der Waals surface area contributed by atoms with Crippen LogP contribution in [0, 0.1) is 6.92 Å². The summed E-state index contributed by atoms with van der Waals surface area (Å²) in [6.07, 6.45) is 5.71. The number of rotatable bonds is 4. The molecule has 0 atom stereocenters. The lowest BCUT2D eigenvalue weighted by Crippen LogP contribution is -2.36. The maximum absolute atomic E-state index is 12.8. The van der Waals surface area contributed by atoms with Crippen molar-refractivity contribution in [2.24, 2.45) is 0 Å². The van der Waals surface area contributed by atoms with E-state index in [-0.39, 0.29) is 11.9 Å². The summed E-state index contributed by atoms with van der Waals surface area (Å²) in [4.78, 5) is 17.4. The maximum atomic E-state index is 12.8. The molecule has 1 heterocycles. The average Bonchev–Trinajstić information content (AvgIpc) is 3.19. The molecule has 5 heteroatoms. The Hall–Kier alpha value is -2.95. The van der Waals surface area contributed by atoms with Gasteiger partial charge < -0.3 is 9.84 Å². The Bertz CT molecular complexity index is 942. The molecule has 0 aliphatic heterocycles. The van der Waals surface area contributed by atoms with Crippen LogP contribution in [0.3, 0.4) is 0 Å². The third-order valence-corrected chi connectivity index (χ3v) is 5.04. The fraction of sp³-hybridized carbons (Fsp3) is 0.318. The van der Waals surface area contributed by atoms with Gasteiger partial charge in [0.15, 0.2) is 0 Å². The number of nitrogens with one attached hydrogen (secondary N) is 1. The molecule has 1 fully saturated rings. The molecule has 0 bridgehead atoms. The molecule has 3 aromatic rings. The molecule has 5 nitrogen and oxygen atoms in total. The second-order valence-corrected chi connectivity index (χ2v) is 7.15. The summed E-state index contributed by atoms with van der Waals surface area (Å²) in [7, 11) is 0. The van der Waals surface area contributed by atoms with Gasteiger partial charge in [-0.2, -0.15) is 4.98 Å². The van der Waals surface area contributed by atoms with Gasteiger partial charge >= 0.3 is 0 Å². The van der Waals surface area contributed by atoms with Crippen LogP contribution in [0.5, 0.6) is 0 Å². The number of hydrogen-bond acceptors (Lipinski definition) is 4. The highest BCUT2D eigenvalue weighted by Gasteiger charge is 2.21. The fourth-order valence-corrected chi connectivity index (χ4v) is 3.61. The number of carbonyl (C=O) groups excluding carboxylic acids is 1. The highest BCUT2D eigenvalue weighted by atomic mass is 16.5. The molecule has 0 spiro atoms. The van der Waals surface area contributed by atoms with Crippen LogP contribution in [0.15, 0.2) is 53.1 Å². The number of aryl methyl sites for hydroxylation is 1. The quantitative estimate of drug-likeness (QED) is 0.726. The van der Waals surface area contributed by atoms with E-state index in [1.54, 1.807) is 0 Å². The second-order valence-electron chi connectivity index (χ2n) is 7.15. The van der Waals surface area contributed by atoms with Crippen molar-refractivity contribution in [3.63, 3.8) is 0 Å². The second kappa shape index (κ2) is 7.74. The lowest BCUT2D eigenvalue weighted by Gasteiger charge is -2.23. The van der Waals surface area contributed by atoms with Crippen LogP contribution in [0.2, 0.25) is 0 Å². The van der Waals surface area contributed by atoms with E-state index in [4.69, 9.17) is 4.52 Å². The van der Waals surface area contributed by atoms with Crippen LogP contribution in [-0.2, 0) is 0 Å². The van der Waals surface area contributed by atoms with Crippen LogP contribution in [0.25, 0.3) is 22.8 Å². The fourth-order valence-electron chi connectivity index (χ4n) is 3.61. The minimum absolute atomic E-state index is 0.0761. The third-order valence-electron chi connectivity index (χ3n) is 5.04. The van der Waals surface area contributed by atoms with E-state index in [1.165, 1.54) is 19.3 Å². The molecule has 0 saturated heterocycles. The van der Waals surface area contributed by atoms with Crippen LogP contribution in [0.4, 0.5) is 0 Å². The van der Waals surface area contributed by atoms with Crippen LogP contribution >= 0.6 is 0 Å². The molecular weight excluding hydrogens is 338 g/mol. The lowest BCUT2D eigenvalue weighted by molar-refractivity contribution is 0.0928. The van der Waals surface area contributed by atoms with Gasteiger partial charge in [0.1, 0.15) is 0 Å². The predicted molar refractivity (Wildman–Crippen MR) is 104 cm³/mol. The van der Waals surface area contributed by atoms with E-state index in [9.17, 15) is 4.79 Å². The molecular formula is C22H23N3O2. The Labute approximate surface area is 158 Å². The molecule has 4 rings (SSSR count). The predicted octanol–water partition coefficient (Wildman–Crippen LogP) is 4.77. The molecule has 138 valence electrons. The molecule has 0 unspecified atom stereocenters. The highest BCUT2D eigenvalue weighted by Crippen LogP contribution is 2.26. The van der Waals surface area contributed by atoms with E-state index in [1.807, 2.05) is 55.5 Å². The van der Waals surface area contributed by atoms with Crippen molar-refractivity contribution in [2.45, 2.75) is 45.1 Å². The average molecular weight is 361 g/mol. The Morgan fingerprint density at radius 1 is 1.07 bits per heavy atom. The largest absolute Gasteiger partial charge is 0.349 e. The Morgan fingerprint density at radius 2 is 1.89 bits per heavy atom. The number of aromatic nitrogens is 2. The van der Waals surface area contributed by atoms with Gasteiger partial charge in [0.25, 0.3) is 11.8 Å². The van der Waals surface area contributed by atoms with Gasteiger partial charge in [0.2, 0.25) is 5.82 Å². The summed E-state index contributed by atoms with van der Waals surface area (Å²) in [5.74, 6) is 0.810. The van der Waals surface area contributed by atoms with Gasteiger partial charge in [-0.1, -0.05) is 60.3 Å². The molecule has 1 saturated carbocycles. The molecule has 1 aliphatic rings. The SMILES string of the molecule is Cc1cccc(-c2noc(-c3ccccc3C(=O)NC3CCCCC3)n2)c1. The van der Waals surface area contributed by atoms with Crippen LogP contribution in [-0.4, -0.2) is 22.1 Å². The Balaban J connectivity index is 1.60. The van der Waals surface area contributed by atoms with Crippen molar-refractivity contribution in [3.05, 3.63) is 59.7 Å². The summed E-state index contributed by atoms with van der Waals surface area (Å²) in [5, 5.41) is 7.26. The van der Waals surface area contributed by atoms with Crippen molar-refractivity contribution in [1.82, 2.24) is 15.5 Å². The summed E-state index contributed by atoms with van der Waals surface area (Å²) < 4.78 is 5.48. The van der Waals surface area contributed by atoms with E-state index in [2.05, 4.69) is 15.5 Å². The summed E-state index contributed by atoms with van der Waals surface area (Å²) in [6, 6.07) is 15.6. The van der Waals surface area contributed by atoms with Crippen molar-refractivity contribution < 1.29 is 9.32 Å². The zero-order valence-electron chi connectivity index (χ0n) is 15.4. The first-order valence-electron chi connectivity index (χ1n) is 9.52. The van der Waals surface area contributed by atoms with Gasteiger partial charge in [-0.05, 0) is 38.0 Å². The van der Waals surface area contributed by atoms with Gasteiger partial charge in [-0.25, -0.2) is 0 Å². The maximum Gasteiger partial charge on any atom is 0.259 e. The first kappa shape index (κ1) is 17.5. The minimum atomic E-state index is -0.0761. The normalized spacial score (nSPS) is 14.9. The number of carbonyl (C=O) groups is 1. The standard InChI is InChI=1S/C22H23N3O2/c1-15-8-7-9-16(14-15)20-24-22(27-25-20)19-13-6-5-12-18(19)21(26)23-17-10-3-2-4-11-17/h5-9,12-14,17H,2-4,10-11H2,1H3,(H,23,26). The zero-order valence-corrected chi connectivity index (χ0v) is 15.4. The highest BCUT2D eigenvalue weighted by molar-refractivity contribution is 6.00. The third kappa shape index (κ3) is 3.92. The minimum Gasteiger partial charge on any atom is -0.349 e. The summed E-state index contributed by atoms with van der Waals surface area (Å²) >= 11 is 0. The van der Waals surface area contributed by atoms with Gasteiger partial charge in [0, 0.05) is 11.6 Å². The number of nitrogens with zero attached hydrogens (tertiary/aromatic N) is 2. The molecule has 1 amide bonds. The van der Waals surface area contributed by atoms with Gasteiger partial charge in [-0.15, -0.1) is 0 Å². The van der Waals surface area contributed by atoms with Gasteiger partial charge in [0.05, 0.1) is 11.1 Å². The van der Waals surface area contributed by atoms with Crippen molar-refractivity contribution >= 4 is 5.91 Å². The molecule has 1 aromatic heterocycles. The zero-order chi connectivity index (χ0) is 18.6. The topological polar surface area (TPSA) is 68.0 Å². The Morgan fingerprint density at radius 3 is 2.70 bits per heavy atom. The first-order chi connectivity index (χ1) is 13.2. The number of amides is 1. The molecule has 1 N–H and O–H groups in total. The smallest absolute Gasteiger partial charge is 0.259 e. The molecule has 2 aromatic carbocycles. The van der Waals surface area contributed by atoms with E-state index >= 15 is 0 Å². The van der Waals surface area contributed by atoms with Crippen LogP contribution < -0.4 is 5.32 Å². The van der Waals surface area contributed by atoms with Crippen molar-refractivity contribution in [2.75, 3.05) is 0 Å².